The number of carbonyl (C=O) groups excluding carboxylic acids is 1. The molecule has 0 aliphatic heterocycles. The van der Waals surface area contributed by atoms with E-state index in [1.165, 1.54) is 6.92 Å². The summed E-state index contributed by atoms with van der Waals surface area (Å²) in [5, 5.41) is 19.8. The maximum Gasteiger partial charge on any atom is 0.271 e. The molecule has 1 N–H and O–H groups in total. The molecule has 0 unspecified atom stereocenters. The number of nitriles is 1. The summed E-state index contributed by atoms with van der Waals surface area (Å²) in [6.45, 7) is 0.730. The van der Waals surface area contributed by atoms with Crippen LogP contribution in [-0.4, -0.2) is 29.2 Å². The van der Waals surface area contributed by atoms with Crippen LogP contribution in [-0.2, 0) is 13.0 Å². The van der Waals surface area contributed by atoms with Gasteiger partial charge in [-0.2, -0.15) is 5.26 Å². The number of aromatic hydroxyl groups is 1. The van der Waals surface area contributed by atoms with E-state index in [1.54, 1.807) is 31.4 Å². The maximum absolute atomic E-state index is 13.1. The summed E-state index contributed by atoms with van der Waals surface area (Å²) in [5.41, 5.74) is -0.392. The van der Waals surface area contributed by atoms with Crippen molar-refractivity contribution in [1.82, 2.24) is 4.57 Å². The van der Waals surface area contributed by atoms with E-state index >= 15 is 0 Å². The van der Waals surface area contributed by atoms with Crippen molar-refractivity contribution >= 4 is 63.8 Å². The van der Waals surface area contributed by atoms with Crippen LogP contribution in [0, 0.1) is 18.3 Å². The number of aromatic nitrogens is 1. The van der Waals surface area contributed by atoms with E-state index in [1.807, 2.05) is 6.07 Å². The number of methoxy groups -OCH3 is 1. The fourth-order valence-electron chi connectivity index (χ4n) is 3.45. The van der Waals surface area contributed by atoms with Crippen molar-refractivity contribution < 1.29 is 19.4 Å². The quantitative estimate of drug-likeness (QED) is 0.182. The Bertz CT molecular complexity index is 1420. The van der Waals surface area contributed by atoms with Gasteiger partial charge in [0.25, 0.3) is 5.56 Å². The minimum atomic E-state index is -0.742. The van der Waals surface area contributed by atoms with Gasteiger partial charge in [-0.3, -0.25) is 14.2 Å². The molecule has 7 nitrogen and oxygen atoms in total. The lowest BCUT2D eigenvalue weighted by atomic mass is 10.0. The standard InChI is InChI=1S/C24H17Cl5N2O5/c1-11-14(9-30)23(33)31(8-7-12-3-5-13(35-2)6-4-12)24(34)16(11)15(32)10-36-22-20(28)18(26)17(25)19(27)21(22)29/h3-6,34H,7-8,10H2,1-2H3. The van der Waals surface area contributed by atoms with E-state index in [0.717, 1.165) is 10.1 Å². The fraction of sp³-hybridized carbons (Fsp3) is 0.208. The zero-order valence-electron chi connectivity index (χ0n) is 18.8. The third kappa shape index (κ3) is 5.39. The highest BCUT2D eigenvalue weighted by Gasteiger charge is 2.26. The number of ketones is 1. The monoisotopic (exact) mass is 588 g/mol. The third-order valence-electron chi connectivity index (χ3n) is 5.38. The average Bonchev–Trinajstić information content (AvgIpc) is 2.86. The summed E-state index contributed by atoms with van der Waals surface area (Å²) in [4.78, 5) is 25.9. The summed E-state index contributed by atoms with van der Waals surface area (Å²) >= 11 is 30.3. The number of hydrogen-bond acceptors (Lipinski definition) is 6. The van der Waals surface area contributed by atoms with Gasteiger partial charge in [0, 0.05) is 6.54 Å². The molecule has 188 valence electrons. The van der Waals surface area contributed by atoms with Gasteiger partial charge in [-0.05, 0) is 36.6 Å². The molecule has 0 bridgehead atoms. The Hall–Kier alpha value is -2.60. The van der Waals surface area contributed by atoms with E-state index < -0.39 is 23.8 Å². The second kappa shape index (κ2) is 11.6. The first-order valence-electron chi connectivity index (χ1n) is 10.2. The topological polar surface area (TPSA) is 102 Å². The Kier molecular flexibility index (Phi) is 9.04. The molecule has 12 heteroatoms. The molecule has 0 saturated carbocycles. The Labute approximate surface area is 231 Å². The van der Waals surface area contributed by atoms with E-state index in [-0.39, 0.29) is 54.1 Å². The average molecular weight is 591 g/mol. The molecular formula is C24H17Cl5N2O5. The highest BCUT2D eigenvalue weighted by molar-refractivity contribution is 6.55. The number of halogens is 5. The van der Waals surface area contributed by atoms with Gasteiger partial charge >= 0.3 is 0 Å². The molecule has 0 aliphatic rings. The van der Waals surface area contributed by atoms with Crippen molar-refractivity contribution in [3.63, 3.8) is 0 Å². The van der Waals surface area contributed by atoms with Crippen LogP contribution in [0.4, 0.5) is 0 Å². The van der Waals surface area contributed by atoms with Gasteiger partial charge in [0.2, 0.25) is 11.7 Å². The van der Waals surface area contributed by atoms with Crippen LogP contribution in [0.25, 0.3) is 0 Å². The van der Waals surface area contributed by atoms with Crippen molar-refractivity contribution in [2.75, 3.05) is 13.7 Å². The Balaban J connectivity index is 1.95. The molecule has 3 rings (SSSR count). The largest absolute Gasteiger partial charge is 0.497 e. The van der Waals surface area contributed by atoms with Crippen LogP contribution >= 0.6 is 58.0 Å². The number of rotatable bonds is 8. The Morgan fingerprint density at radius 1 is 1.03 bits per heavy atom. The lowest BCUT2D eigenvalue weighted by molar-refractivity contribution is 0.0916. The zero-order chi connectivity index (χ0) is 26.7. The van der Waals surface area contributed by atoms with Gasteiger partial charge < -0.3 is 14.6 Å². The van der Waals surface area contributed by atoms with Crippen molar-refractivity contribution in [3.05, 3.63) is 82.0 Å². The Morgan fingerprint density at radius 2 is 1.58 bits per heavy atom. The van der Waals surface area contributed by atoms with Crippen molar-refractivity contribution in [1.29, 1.82) is 5.26 Å². The normalized spacial score (nSPS) is 10.7. The molecule has 2 aromatic carbocycles. The highest BCUT2D eigenvalue weighted by atomic mass is 35.5. The molecule has 0 fully saturated rings. The second-order valence-corrected chi connectivity index (χ2v) is 9.37. The number of pyridine rings is 1. The minimum Gasteiger partial charge on any atom is -0.497 e. The number of carbonyl (C=O) groups is 1. The minimum absolute atomic E-state index is 0.00709. The van der Waals surface area contributed by atoms with E-state index in [9.17, 15) is 20.0 Å². The lowest BCUT2D eigenvalue weighted by Crippen LogP contribution is -2.28. The maximum atomic E-state index is 13.1. The summed E-state index contributed by atoms with van der Waals surface area (Å²) in [7, 11) is 1.54. The first-order valence-corrected chi connectivity index (χ1v) is 12.1. The molecule has 1 aromatic heterocycles. The second-order valence-electron chi connectivity index (χ2n) is 7.48. The van der Waals surface area contributed by atoms with Crippen LogP contribution in [0.15, 0.2) is 29.1 Å². The summed E-state index contributed by atoms with van der Waals surface area (Å²) < 4.78 is 11.6. The van der Waals surface area contributed by atoms with Gasteiger partial charge in [0.1, 0.15) is 27.4 Å². The number of aryl methyl sites for hydroxylation is 1. The number of hydrogen-bond donors (Lipinski definition) is 1. The van der Waals surface area contributed by atoms with Gasteiger partial charge in [-0.1, -0.05) is 70.1 Å². The third-order valence-corrected chi connectivity index (χ3v) is 7.62. The van der Waals surface area contributed by atoms with Crippen LogP contribution in [0.3, 0.4) is 0 Å². The smallest absolute Gasteiger partial charge is 0.271 e. The zero-order valence-corrected chi connectivity index (χ0v) is 22.6. The van der Waals surface area contributed by atoms with Gasteiger partial charge in [0.05, 0.1) is 27.7 Å². The fourth-order valence-corrected chi connectivity index (χ4v) is 4.68. The lowest BCUT2D eigenvalue weighted by Gasteiger charge is -2.17. The van der Waals surface area contributed by atoms with Crippen molar-refractivity contribution in [3.8, 4) is 23.4 Å². The number of Topliss-reactive ketones (excluding diaryl/α,β-unsaturated/α-hetero) is 1. The molecule has 0 amide bonds. The molecular weight excluding hydrogens is 574 g/mol. The van der Waals surface area contributed by atoms with Crippen molar-refractivity contribution in [2.24, 2.45) is 0 Å². The Morgan fingerprint density at radius 3 is 2.11 bits per heavy atom. The van der Waals surface area contributed by atoms with Crippen LogP contribution in [0.1, 0.15) is 27.0 Å². The number of nitrogens with zero attached hydrogens (tertiary/aromatic N) is 2. The van der Waals surface area contributed by atoms with Crippen molar-refractivity contribution in [2.45, 2.75) is 19.9 Å². The predicted octanol–water partition coefficient (Wildman–Crippen LogP) is 6.51. The molecule has 36 heavy (non-hydrogen) atoms. The van der Waals surface area contributed by atoms with Crippen LogP contribution in [0.5, 0.6) is 17.4 Å². The van der Waals surface area contributed by atoms with E-state index in [0.29, 0.717) is 12.2 Å². The highest BCUT2D eigenvalue weighted by Crippen LogP contribution is 2.48. The summed E-state index contributed by atoms with van der Waals surface area (Å²) in [6.07, 6.45) is 0.336. The molecule has 0 spiro atoms. The molecule has 1 heterocycles. The van der Waals surface area contributed by atoms with Crippen LogP contribution < -0.4 is 15.0 Å². The van der Waals surface area contributed by atoms with Crippen LogP contribution in [0.2, 0.25) is 25.1 Å². The van der Waals surface area contributed by atoms with Gasteiger partial charge in [0.15, 0.2) is 12.4 Å². The first-order chi connectivity index (χ1) is 17.0. The molecule has 0 aliphatic carbocycles. The van der Waals surface area contributed by atoms with Gasteiger partial charge in [-0.15, -0.1) is 0 Å². The number of benzene rings is 2. The molecule has 0 radical (unpaired) electrons. The summed E-state index contributed by atoms with van der Waals surface area (Å²) in [5.74, 6) is -0.856. The predicted molar refractivity (Wildman–Crippen MR) is 140 cm³/mol. The molecule has 0 atom stereocenters. The molecule has 3 aromatic rings. The van der Waals surface area contributed by atoms with Gasteiger partial charge in [-0.25, -0.2) is 0 Å². The molecule has 0 saturated heterocycles. The number of ether oxygens (including phenoxy) is 2. The van der Waals surface area contributed by atoms with E-state index in [2.05, 4.69) is 0 Å². The first kappa shape index (κ1) is 28.0. The van der Waals surface area contributed by atoms with E-state index in [4.69, 9.17) is 67.5 Å². The SMILES string of the molecule is COc1ccc(CCn2c(O)c(C(=O)COc3c(Cl)c(Cl)c(Cl)c(Cl)c3Cl)c(C)c(C#N)c2=O)cc1. The summed E-state index contributed by atoms with van der Waals surface area (Å²) in [6, 6.07) is 8.92.